The molecule has 0 saturated heterocycles. The Bertz CT molecular complexity index is 455. The van der Waals surface area contributed by atoms with Gasteiger partial charge in [0.2, 0.25) is 0 Å². The Labute approximate surface area is 120 Å². The summed E-state index contributed by atoms with van der Waals surface area (Å²) in [5, 5.41) is 11.7. The summed E-state index contributed by atoms with van der Waals surface area (Å²) in [6.07, 6.45) is 8.57. The smallest absolute Gasteiger partial charge is 0.188 e. The Balaban J connectivity index is 1.91. The third-order valence-electron chi connectivity index (χ3n) is 3.94. The molecule has 5 nitrogen and oxygen atoms in total. The fourth-order valence-electron chi connectivity index (χ4n) is 2.95. The van der Waals surface area contributed by atoms with E-state index in [2.05, 4.69) is 22.1 Å². The molecular formula is C15H24N4O. The predicted molar refractivity (Wildman–Crippen MR) is 79.7 cm³/mol. The highest BCUT2D eigenvalue weighted by Crippen LogP contribution is 2.24. The van der Waals surface area contributed by atoms with Crippen molar-refractivity contribution in [3.05, 3.63) is 29.6 Å². The van der Waals surface area contributed by atoms with Gasteiger partial charge in [-0.1, -0.05) is 24.4 Å². The second-order valence-corrected chi connectivity index (χ2v) is 5.74. The minimum absolute atomic E-state index is 0.0572. The largest absolute Gasteiger partial charge is 0.409 e. The molecule has 0 aliphatic heterocycles. The lowest BCUT2D eigenvalue weighted by molar-refractivity contribution is 0.228. The molecule has 1 fully saturated rings. The van der Waals surface area contributed by atoms with E-state index in [1.165, 1.54) is 32.1 Å². The second kappa shape index (κ2) is 7.24. The van der Waals surface area contributed by atoms with Gasteiger partial charge in [-0.25, -0.2) is 0 Å². The van der Waals surface area contributed by atoms with Crippen LogP contribution < -0.4 is 5.73 Å². The van der Waals surface area contributed by atoms with E-state index < -0.39 is 0 Å². The van der Waals surface area contributed by atoms with Crippen molar-refractivity contribution < 1.29 is 5.21 Å². The maximum absolute atomic E-state index is 8.69. The number of aromatic nitrogens is 1. The summed E-state index contributed by atoms with van der Waals surface area (Å²) in [6.45, 7) is 2.01. The third-order valence-corrected chi connectivity index (χ3v) is 3.94. The van der Waals surface area contributed by atoms with Crippen LogP contribution in [0.5, 0.6) is 0 Å². The first kappa shape index (κ1) is 14.8. The number of hydrogen-bond acceptors (Lipinski definition) is 4. The summed E-state index contributed by atoms with van der Waals surface area (Å²) in [5.74, 6) is 0.890. The summed E-state index contributed by atoms with van der Waals surface area (Å²) in [5.41, 5.74) is 7.23. The van der Waals surface area contributed by atoms with E-state index in [1.807, 2.05) is 12.1 Å². The highest BCUT2D eigenvalue weighted by Gasteiger charge is 2.15. The van der Waals surface area contributed by atoms with Gasteiger partial charge in [0, 0.05) is 19.3 Å². The molecule has 0 bridgehead atoms. The van der Waals surface area contributed by atoms with Crippen LogP contribution in [-0.2, 0) is 6.54 Å². The van der Waals surface area contributed by atoms with Crippen molar-refractivity contribution in [3.8, 4) is 0 Å². The van der Waals surface area contributed by atoms with Gasteiger partial charge in [-0.2, -0.15) is 0 Å². The fourth-order valence-corrected chi connectivity index (χ4v) is 2.95. The molecule has 110 valence electrons. The molecule has 2 rings (SSSR count). The fraction of sp³-hybridized carbons (Fsp3) is 0.600. The van der Waals surface area contributed by atoms with Gasteiger partial charge < -0.3 is 15.8 Å². The van der Waals surface area contributed by atoms with E-state index in [9.17, 15) is 0 Å². The molecule has 1 aromatic rings. The highest BCUT2D eigenvalue weighted by molar-refractivity contribution is 5.95. The quantitative estimate of drug-likeness (QED) is 0.374. The third kappa shape index (κ3) is 4.20. The molecule has 0 atom stereocenters. The first-order chi connectivity index (χ1) is 9.69. The minimum atomic E-state index is 0.0572. The van der Waals surface area contributed by atoms with Crippen molar-refractivity contribution in [2.24, 2.45) is 16.8 Å². The first-order valence-electron chi connectivity index (χ1n) is 7.30. The summed E-state index contributed by atoms with van der Waals surface area (Å²) in [7, 11) is 2.15. The van der Waals surface area contributed by atoms with Crippen molar-refractivity contribution in [3.63, 3.8) is 0 Å². The topological polar surface area (TPSA) is 74.7 Å². The van der Waals surface area contributed by atoms with Crippen LogP contribution in [0.2, 0.25) is 0 Å². The van der Waals surface area contributed by atoms with Crippen LogP contribution in [0, 0.1) is 5.92 Å². The molecule has 20 heavy (non-hydrogen) atoms. The van der Waals surface area contributed by atoms with Gasteiger partial charge in [0.05, 0.1) is 0 Å². The van der Waals surface area contributed by atoms with Gasteiger partial charge in [0.25, 0.3) is 0 Å². The lowest BCUT2D eigenvalue weighted by Crippen LogP contribution is -2.27. The van der Waals surface area contributed by atoms with E-state index in [4.69, 9.17) is 10.9 Å². The van der Waals surface area contributed by atoms with Crippen LogP contribution >= 0.6 is 0 Å². The van der Waals surface area contributed by atoms with Gasteiger partial charge >= 0.3 is 0 Å². The van der Waals surface area contributed by atoms with E-state index in [0.29, 0.717) is 5.69 Å². The Hall–Kier alpha value is -1.62. The SMILES string of the molecule is CN(Cc1ccnc(C(N)=NO)c1)CC1CCCCC1. The van der Waals surface area contributed by atoms with Crippen LogP contribution in [0.15, 0.2) is 23.5 Å². The summed E-state index contributed by atoms with van der Waals surface area (Å²) >= 11 is 0. The zero-order chi connectivity index (χ0) is 14.4. The average Bonchev–Trinajstić information content (AvgIpc) is 2.47. The predicted octanol–water partition coefficient (Wildman–Crippen LogP) is 2.19. The van der Waals surface area contributed by atoms with Gasteiger partial charge in [0.15, 0.2) is 5.84 Å². The molecule has 1 aliphatic carbocycles. The molecule has 0 aromatic carbocycles. The lowest BCUT2D eigenvalue weighted by Gasteiger charge is -2.27. The van der Waals surface area contributed by atoms with Crippen molar-refractivity contribution in [2.45, 2.75) is 38.6 Å². The minimum Gasteiger partial charge on any atom is -0.409 e. The van der Waals surface area contributed by atoms with E-state index in [1.54, 1.807) is 6.20 Å². The first-order valence-corrected chi connectivity index (χ1v) is 7.30. The van der Waals surface area contributed by atoms with E-state index >= 15 is 0 Å². The summed E-state index contributed by atoms with van der Waals surface area (Å²) in [4.78, 5) is 6.45. The van der Waals surface area contributed by atoms with Crippen molar-refractivity contribution in [2.75, 3.05) is 13.6 Å². The second-order valence-electron chi connectivity index (χ2n) is 5.74. The maximum Gasteiger partial charge on any atom is 0.188 e. The summed E-state index contributed by atoms with van der Waals surface area (Å²) in [6, 6.07) is 3.86. The molecule has 3 N–H and O–H groups in total. The molecule has 5 heteroatoms. The Kier molecular flexibility index (Phi) is 5.35. The van der Waals surface area contributed by atoms with Crippen molar-refractivity contribution in [1.82, 2.24) is 9.88 Å². The zero-order valence-corrected chi connectivity index (χ0v) is 12.1. The van der Waals surface area contributed by atoms with Gasteiger partial charge in [-0.15, -0.1) is 0 Å². The standard InChI is InChI=1S/C15H24N4O/c1-19(10-12-5-3-2-4-6-12)11-13-7-8-17-14(9-13)15(16)18-20/h7-9,12,20H,2-6,10-11H2,1H3,(H2,16,18). The van der Waals surface area contributed by atoms with E-state index in [-0.39, 0.29) is 5.84 Å². The summed E-state index contributed by atoms with van der Waals surface area (Å²) < 4.78 is 0. The average molecular weight is 276 g/mol. The number of hydrogen-bond donors (Lipinski definition) is 2. The molecule has 1 heterocycles. The molecule has 0 spiro atoms. The monoisotopic (exact) mass is 276 g/mol. The molecule has 0 unspecified atom stereocenters. The Morgan fingerprint density at radius 3 is 2.90 bits per heavy atom. The zero-order valence-electron chi connectivity index (χ0n) is 12.1. The van der Waals surface area contributed by atoms with Crippen molar-refractivity contribution >= 4 is 5.84 Å². The normalized spacial score (nSPS) is 17.6. The molecule has 1 saturated carbocycles. The number of pyridine rings is 1. The van der Waals surface area contributed by atoms with Crippen molar-refractivity contribution in [1.29, 1.82) is 0 Å². The number of amidine groups is 1. The van der Waals surface area contributed by atoms with Gasteiger partial charge in [0.1, 0.15) is 5.69 Å². The number of nitrogens with two attached hydrogens (primary N) is 1. The van der Waals surface area contributed by atoms with Crippen LogP contribution in [0.4, 0.5) is 0 Å². The van der Waals surface area contributed by atoms with E-state index in [0.717, 1.165) is 24.6 Å². The number of rotatable bonds is 5. The molecule has 0 amide bonds. The molecular weight excluding hydrogens is 252 g/mol. The molecule has 1 aromatic heterocycles. The number of nitrogens with zero attached hydrogens (tertiary/aromatic N) is 3. The lowest BCUT2D eigenvalue weighted by atomic mass is 9.89. The van der Waals surface area contributed by atoms with Gasteiger partial charge in [-0.3, -0.25) is 4.98 Å². The number of oxime groups is 1. The van der Waals surface area contributed by atoms with Crippen LogP contribution in [0.25, 0.3) is 0 Å². The maximum atomic E-state index is 8.69. The molecule has 0 radical (unpaired) electrons. The Morgan fingerprint density at radius 1 is 1.45 bits per heavy atom. The van der Waals surface area contributed by atoms with Crippen LogP contribution in [0.1, 0.15) is 43.4 Å². The highest BCUT2D eigenvalue weighted by atomic mass is 16.4. The molecule has 1 aliphatic rings. The van der Waals surface area contributed by atoms with Crippen LogP contribution in [-0.4, -0.2) is 34.5 Å². The van der Waals surface area contributed by atoms with Gasteiger partial charge in [-0.05, 0) is 43.5 Å². The Morgan fingerprint density at radius 2 is 2.20 bits per heavy atom. The van der Waals surface area contributed by atoms with Crippen LogP contribution in [0.3, 0.4) is 0 Å².